The third kappa shape index (κ3) is 2.46. The molecule has 1 atom stereocenters. The van der Waals surface area contributed by atoms with Gasteiger partial charge in [-0.15, -0.1) is 0 Å². The van der Waals surface area contributed by atoms with E-state index in [1.54, 1.807) is 0 Å². The summed E-state index contributed by atoms with van der Waals surface area (Å²) in [6.45, 7) is 0.987. The van der Waals surface area contributed by atoms with E-state index < -0.39 is 0 Å². The van der Waals surface area contributed by atoms with Crippen molar-refractivity contribution < 1.29 is 4.42 Å². The predicted octanol–water partition coefficient (Wildman–Crippen LogP) is 2.88. The highest BCUT2D eigenvalue weighted by molar-refractivity contribution is 5.24. The van der Waals surface area contributed by atoms with Crippen LogP contribution >= 0.6 is 0 Å². The summed E-state index contributed by atoms with van der Waals surface area (Å²) in [5.74, 6) is 1.17. The number of fused-ring (bicyclic) bond motifs is 1. The van der Waals surface area contributed by atoms with E-state index in [0.717, 1.165) is 19.4 Å². The molecule has 0 saturated carbocycles. The number of nitrogens with one attached hydrogen (secondary N) is 1. The molecule has 18 heavy (non-hydrogen) atoms. The largest absolute Gasteiger partial charge is 0.469 e. The highest BCUT2D eigenvalue weighted by Gasteiger charge is 2.21. The lowest BCUT2D eigenvalue weighted by molar-refractivity contribution is 0.413. The summed E-state index contributed by atoms with van der Waals surface area (Å²) >= 11 is 0. The zero-order valence-electron chi connectivity index (χ0n) is 10.4. The van der Waals surface area contributed by atoms with E-state index in [4.69, 9.17) is 4.42 Å². The number of furan rings is 1. The minimum Gasteiger partial charge on any atom is -0.469 e. The van der Waals surface area contributed by atoms with Crippen LogP contribution in [0.15, 0.2) is 41.3 Å². The second-order valence-corrected chi connectivity index (χ2v) is 4.81. The summed E-state index contributed by atoms with van der Waals surface area (Å²) in [5.41, 5.74) is 2.64. The molecular weight excluding hydrogens is 224 g/mol. The second kappa shape index (κ2) is 5.36. The third-order valence-corrected chi connectivity index (χ3v) is 3.58. The molecule has 0 radical (unpaired) electrons. The lowest BCUT2D eigenvalue weighted by Gasteiger charge is -2.22. The maximum atomic E-state index is 5.50. The third-order valence-electron chi connectivity index (χ3n) is 3.58. The summed E-state index contributed by atoms with van der Waals surface area (Å²) in [4.78, 5) is 4.14. The number of aryl methyl sites for hydroxylation is 1. The van der Waals surface area contributed by atoms with Gasteiger partial charge in [0.2, 0.25) is 0 Å². The molecule has 0 spiro atoms. The van der Waals surface area contributed by atoms with Gasteiger partial charge in [0.1, 0.15) is 5.76 Å². The maximum absolute atomic E-state index is 5.50. The van der Waals surface area contributed by atoms with Crippen molar-refractivity contribution in [2.75, 3.05) is 6.54 Å². The Bertz CT molecular complexity index is 492. The van der Waals surface area contributed by atoms with Crippen LogP contribution in [0.25, 0.3) is 0 Å². The Morgan fingerprint density at radius 2 is 2.39 bits per heavy atom. The number of pyridine rings is 1. The van der Waals surface area contributed by atoms with Gasteiger partial charge in [0.15, 0.2) is 0 Å². The van der Waals surface area contributed by atoms with Crippen molar-refractivity contribution in [1.29, 1.82) is 0 Å². The molecule has 0 saturated heterocycles. The SMILES string of the molecule is c1cncc(CCNC2CCCc3occc32)c1. The van der Waals surface area contributed by atoms with E-state index in [2.05, 4.69) is 22.4 Å². The average molecular weight is 242 g/mol. The van der Waals surface area contributed by atoms with E-state index in [-0.39, 0.29) is 0 Å². The molecule has 3 heteroatoms. The summed E-state index contributed by atoms with van der Waals surface area (Å²) in [5, 5.41) is 3.62. The van der Waals surface area contributed by atoms with Crippen molar-refractivity contribution in [1.82, 2.24) is 10.3 Å². The first-order valence-electron chi connectivity index (χ1n) is 6.62. The molecule has 1 aliphatic rings. The van der Waals surface area contributed by atoms with Crippen LogP contribution in [-0.4, -0.2) is 11.5 Å². The van der Waals surface area contributed by atoms with Crippen LogP contribution in [0.2, 0.25) is 0 Å². The number of hydrogen-bond acceptors (Lipinski definition) is 3. The van der Waals surface area contributed by atoms with Crippen molar-refractivity contribution >= 4 is 0 Å². The van der Waals surface area contributed by atoms with Crippen LogP contribution in [0.4, 0.5) is 0 Å². The first-order chi connectivity index (χ1) is 8.93. The Morgan fingerprint density at radius 3 is 3.28 bits per heavy atom. The van der Waals surface area contributed by atoms with Gasteiger partial charge in [-0.3, -0.25) is 4.98 Å². The molecule has 1 aliphatic carbocycles. The van der Waals surface area contributed by atoms with E-state index in [9.17, 15) is 0 Å². The zero-order valence-corrected chi connectivity index (χ0v) is 10.4. The maximum Gasteiger partial charge on any atom is 0.108 e. The van der Waals surface area contributed by atoms with Gasteiger partial charge in [-0.25, -0.2) is 0 Å². The molecule has 1 unspecified atom stereocenters. The Kier molecular flexibility index (Phi) is 3.42. The highest BCUT2D eigenvalue weighted by Crippen LogP contribution is 2.30. The Morgan fingerprint density at radius 1 is 1.39 bits per heavy atom. The average Bonchev–Trinajstić information content (AvgIpc) is 2.89. The number of hydrogen-bond donors (Lipinski definition) is 1. The summed E-state index contributed by atoms with van der Waals surface area (Å²) < 4.78 is 5.50. The molecule has 0 aromatic carbocycles. The number of aromatic nitrogens is 1. The molecule has 0 fully saturated rings. The van der Waals surface area contributed by atoms with Crippen molar-refractivity contribution in [2.45, 2.75) is 31.7 Å². The molecule has 3 rings (SSSR count). The van der Waals surface area contributed by atoms with Crippen LogP contribution in [0.1, 0.15) is 35.8 Å². The minimum absolute atomic E-state index is 0.462. The fraction of sp³-hybridized carbons (Fsp3) is 0.400. The highest BCUT2D eigenvalue weighted by atomic mass is 16.3. The fourth-order valence-electron chi connectivity index (χ4n) is 2.64. The molecule has 94 valence electrons. The molecule has 1 N–H and O–H groups in total. The van der Waals surface area contributed by atoms with Gasteiger partial charge in [0.05, 0.1) is 6.26 Å². The number of rotatable bonds is 4. The molecule has 2 aromatic rings. The van der Waals surface area contributed by atoms with Crippen molar-refractivity contribution in [3.63, 3.8) is 0 Å². The first kappa shape index (κ1) is 11.5. The van der Waals surface area contributed by atoms with Crippen LogP contribution in [0, 0.1) is 0 Å². The lowest BCUT2D eigenvalue weighted by atomic mass is 9.93. The van der Waals surface area contributed by atoms with Gasteiger partial charge in [-0.05, 0) is 43.5 Å². The summed E-state index contributed by atoms with van der Waals surface area (Å²) in [7, 11) is 0. The monoisotopic (exact) mass is 242 g/mol. The van der Waals surface area contributed by atoms with Gasteiger partial charge in [0, 0.05) is 30.4 Å². The van der Waals surface area contributed by atoms with E-state index in [1.807, 2.05) is 24.7 Å². The van der Waals surface area contributed by atoms with Crippen molar-refractivity contribution in [3.05, 3.63) is 53.7 Å². The standard InChI is InChI=1S/C15H18N2O/c1-4-14(13-7-10-18-15(13)5-1)17-9-6-12-3-2-8-16-11-12/h2-3,7-8,10-11,14,17H,1,4-6,9H2. The Labute approximate surface area is 107 Å². The lowest BCUT2D eigenvalue weighted by Crippen LogP contribution is -2.26. The van der Waals surface area contributed by atoms with Crippen LogP contribution in [0.5, 0.6) is 0 Å². The molecule has 0 aliphatic heterocycles. The number of nitrogens with zero attached hydrogens (tertiary/aromatic N) is 1. The van der Waals surface area contributed by atoms with E-state index >= 15 is 0 Å². The molecule has 2 heterocycles. The second-order valence-electron chi connectivity index (χ2n) is 4.81. The van der Waals surface area contributed by atoms with Gasteiger partial charge in [-0.1, -0.05) is 6.07 Å². The molecular formula is C15H18N2O. The van der Waals surface area contributed by atoms with Crippen LogP contribution < -0.4 is 5.32 Å². The molecule has 0 bridgehead atoms. The van der Waals surface area contributed by atoms with E-state index in [1.165, 1.54) is 29.7 Å². The Balaban J connectivity index is 1.56. The van der Waals surface area contributed by atoms with Crippen LogP contribution in [-0.2, 0) is 12.8 Å². The van der Waals surface area contributed by atoms with E-state index in [0.29, 0.717) is 6.04 Å². The molecule has 2 aromatic heterocycles. The predicted molar refractivity (Wildman–Crippen MR) is 70.3 cm³/mol. The Hall–Kier alpha value is -1.61. The quantitative estimate of drug-likeness (QED) is 0.896. The summed E-state index contributed by atoms with van der Waals surface area (Å²) in [6, 6.07) is 6.68. The topological polar surface area (TPSA) is 38.1 Å². The van der Waals surface area contributed by atoms with Crippen molar-refractivity contribution in [3.8, 4) is 0 Å². The minimum atomic E-state index is 0.462. The van der Waals surface area contributed by atoms with Gasteiger partial charge >= 0.3 is 0 Å². The fourth-order valence-corrected chi connectivity index (χ4v) is 2.64. The summed E-state index contributed by atoms with van der Waals surface area (Å²) in [6.07, 6.45) is 10.1. The normalized spacial score (nSPS) is 18.6. The van der Waals surface area contributed by atoms with Gasteiger partial charge < -0.3 is 9.73 Å². The smallest absolute Gasteiger partial charge is 0.108 e. The van der Waals surface area contributed by atoms with Crippen molar-refractivity contribution in [2.24, 2.45) is 0 Å². The first-order valence-corrected chi connectivity index (χ1v) is 6.62. The molecule has 3 nitrogen and oxygen atoms in total. The van der Waals surface area contributed by atoms with Gasteiger partial charge in [-0.2, -0.15) is 0 Å². The van der Waals surface area contributed by atoms with Crippen LogP contribution in [0.3, 0.4) is 0 Å². The zero-order chi connectivity index (χ0) is 12.2. The molecule has 0 amide bonds. The van der Waals surface area contributed by atoms with Gasteiger partial charge in [0.25, 0.3) is 0 Å².